The molecule has 0 radical (unpaired) electrons. The van der Waals surface area contributed by atoms with E-state index in [9.17, 15) is 13.2 Å². The van der Waals surface area contributed by atoms with Crippen LogP contribution in [0.2, 0.25) is 0 Å². The SMILES string of the molecule is NS(=O)(=O)N1CCN(C(=O)c2cscn2)CC1. The topological polar surface area (TPSA) is 96.6 Å². The Labute approximate surface area is 103 Å². The Balaban J connectivity index is 1.98. The number of aromatic nitrogens is 1. The van der Waals surface area contributed by atoms with Gasteiger partial charge in [-0.05, 0) is 0 Å². The van der Waals surface area contributed by atoms with Gasteiger partial charge in [0.2, 0.25) is 0 Å². The van der Waals surface area contributed by atoms with Crippen molar-refractivity contribution in [3.05, 3.63) is 16.6 Å². The molecule has 2 rings (SSSR count). The largest absolute Gasteiger partial charge is 0.335 e. The first kappa shape index (κ1) is 12.4. The molecule has 0 saturated carbocycles. The molecule has 1 aromatic rings. The summed E-state index contributed by atoms with van der Waals surface area (Å²) in [7, 11) is -3.65. The fourth-order valence-electron chi connectivity index (χ4n) is 1.63. The number of rotatable bonds is 2. The molecule has 0 aliphatic carbocycles. The molecule has 9 heteroatoms. The maximum Gasteiger partial charge on any atom is 0.277 e. The van der Waals surface area contributed by atoms with Crippen LogP contribution in [0.5, 0.6) is 0 Å². The van der Waals surface area contributed by atoms with E-state index in [1.165, 1.54) is 11.3 Å². The molecular formula is C8H12N4O3S2. The van der Waals surface area contributed by atoms with Crippen LogP contribution in [0.4, 0.5) is 0 Å². The second-order valence-electron chi connectivity index (χ2n) is 3.61. The zero-order chi connectivity index (χ0) is 12.5. The average molecular weight is 276 g/mol. The van der Waals surface area contributed by atoms with E-state index in [-0.39, 0.29) is 19.0 Å². The van der Waals surface area contributed by atoms with Gasteiger partial charge >= 0.3 is 0 Å². The molecule has 7 nitrogen and oxygen atoms in total. The van der Waals surface area contributed by atoms with Crippen molar-refractivity contribution in [3.8, 4) is 0 Å². The number of hydrogen-bond donors (Lipinski definition) is 1. The average Bonchev–Trinajstić information content (AvgIpc) is 2.80. The third-order valence-corrected chi connectivity index (χ3v) is 4.21. The number of amides is 1. The van der Waals surface area contributed by atoms with E-state index >= 15 is 0 Å². The minimum Gasteiger partial charge on any atom is -0.335 e. The minimum atomic E-state index is -3.65. The lowest BCUT2D eigenvalue weighted by molar-refractivity contribution is 0.0693. The van der Waals surface area contributed by atoms with Crippen molar-refractivity contribution < 1.29 is 13.2 Å². The molecule has 1 saturated heterocycles. The second-order valence-corrected chi connectivity index (χ2v) is 5.87. The predicted molar refractivity (Wildman–Crippen MR) is 62.7 cm³/mol. The van der Waals surface area contributed by atoms with Gasteiger partial charge in [0, 0.05) is 31.6 Å². The van der Waals surface area contributed by atoms with Crippen molar-refractivity contribution in [2.24, 2.45) is 5.14 Å². The lowest BCUT2D eigenvalue weighted by Gasteiger charge is -2.32. The van der Waals surface area contributed by atoms with Crippen LogP contribution in [0.15, 0.2) is 10.9 Å². The number of carbonyl (C=O) groups is 1. The summed E-state index contributed by atoms with van der Waals surface area (Å²) in [6.45, 7) is 1.14. The van der Waals surface area contributed by atoms with Crippen molar-refractivity contribution in [3.63, 3.8) is 0 Å². The van der Waals surface area contributed by atoms with Gasteiger partial charge in [0.15, 0.2) is 0 Å². The van der Waals surface area contributed by atoms with Gasteiger partial charge in [0.1, 0.15) is 5.69 Å². The number of nitrogens with two attached hydrogens (primary N) is 1. The summed E-state index contributed by atoms with van der Waals surface area (Å²) in [5.41, 5.74) is 1.99. The summed E-state index contributed by atoms with van der Waals surface area (Å²) < 4.78 is 23.3. The van der Waals surface area contributed by atoms with Gasteiger partial charge in [-0.1, -0.05) is 0 Å². The highest BCUT2D eigenvalue weighted by atomic mass is 32.2. The molecule has 94 valence electrons. The van der Waals surface area contributed by atoms with Gasteiger partial charge in [-0.25, -0.2) is 10.1 Å². The normalized spacial score (nSPS) is 18.3. The van der Waals surface area contributed by atoms with Crippen molar-refractivity contribution in [2.45, 2.75) is 0 Å². The summed E-state index contributed by atoms with van der Waals surface area (Å²) >= 11 is 1.35. The van der Waals surface area contributed by atoms with E-state index in [4.69, 9.17) is 5.14 Å². The number of nitrogens with zero attached hydrogens (tertiary/aromatic N) is 3. The Morgan fingerprint density at radius 3 is 2.47 bits per heavy atom. The zero-order valence-electron chi connectivity index (χ0n) is 8.94. The highest BCUT2D eigenvalue weighted by Crippen LogP contribution is 2.10. The third-order valence-electron chi connectivity index (χ3n) is 2.54. The van der Waals surface area contributed by atoms with Crippen LogP contribution in [0.25, 0.3) is 0 Å². The molecular weight excluding hydrogens is 264 g/mol. The van der Waals surface area contributed by atoms with E-state index in [0.717, 1.165) is 4.31 Å². The van der Waals surface area contributed by atoms with Crippen LogP contribution in [0, 0.1) is 0 Å². The van der Waals surface area contributed by atoms with Gasteiger partial charge in [0.25, 0.3) is 16.1 Å². The number of carbonyl (C=O) groups excluding carboxylic acids is 1. The molecule has 1 aliphatic rings. The number of hydrogen-bond acceptors (Lipinski definition) is 5. The predicted octanol–water partition coefficient (Wildman–Crippen LogP) is -0.896. The Kier molecular flexibility index (Phi) is 3.43. The van der Waals surface area contributed by atoms with Crippen LogP contribution in [0.1, 0.15) is 10.5 Å². The Morgan fingerprint density at radius 1 is 1.35 bits per heavy atom. The van der Waals surface area contributed by atoms with E-state index in [1.54, 1.807) is 15.8 Å². The van der Waals surface area contributed by atoms with Crippen LogP contribution >= 0.6 is 11.3 Å². The fourth-order valence-corrected chi connectivity index (χ4v) is 2.82. The number of thiazole rings is 1. The van der Waals surface area contributed by atoms with Crippen molar-refractivity contribution in [2.75, 3.05) is 26.2 Å². The van der Waals surface area contributed by atoms with E-state index in [0.29, 0.717) is 18.8 Å². The van der Waals surface area contributed by atoms with E-state index < -0.39 is 10.2 Å². The first-order valence-electron chi connectivity index (χ1n) is 4.94. The molecule has 0 unspecified atom stereocenters. The molecule has 1 amide bonds. The van der Waals surface area contributed by atoms with Gasteiger partial charge in [0.05, 0.1) is 5.51 Å². The lowest BCUT2D eigenvalue weighted by atomic mass is 10.3. The zero-order valence-corrected chi connectivity index (χ0v) is 10.6. The molecule has 2 N–H and O–H groups in total. The van der Waals surface area contributed by atoms with Crippen LogP contribution < -0.4 is 5.14 Å². The van der Waals surface area contributed by atoms with Crippen molar-refractivity contribution >= 4 is 27.5 Å². The summed E-state index contributed by atoms with van der Waals surface area (Å²) in [6, 6.07) is 0. The fraction of sp³-hybridized carbons (Fsp3) is 0.500. The highest BCUT2D eigenvalue weighted by molar-refractivity contribution is 7.86. The minimum absolute atomic E-state index is 0.166. The standard InChI is InChI=1S/C8H12N4O3S2/c9-17(14,15)12-3-1-11(2-4-12)8(13)7-5-16-6-10-7/h5-6H,1-4H2,(H2,9,14,15). The van der Waals surface area contributed by atoms with Crippen LogP contribution in [-0.4, -0.2) is 54.7 Å². The maximum atomic E-state index is 11.9. The van der Waals surface area contributed by atoms with Gasteiger partial charge < -0.3 is 4.90 Å². The van der Waals surface area contributed by atoms with Crippen molar-refractivity contribution in [1.29, 1.82) is 0 Å². The lowest BCUT2D eigenvalue weighted by Crippen LogP contribution is -2.52. The Morgan fingerprint density at radius 2 is 2.00 bits per heavy atom. The molecule has 0 spiro atoms. The first-order valence-corrected chi connectivity index (χ1v) is 7.38. The molecule has 0 aromatic carbocycles. The molecule has 1 aromatic heterocycles. The van der Waals surface area contributed by atoms with Gasteiger partial charge in [-0.15, -0.1) is 11.3 Å². The Bertz CT molecular complexity index is 491. The monoisotopic (exact) mass is 276 g/mol. The molecule has 2 heterocycles. The van der Waals surface area contributed by atoms with Gasteiger partial charge in [-0.2, -0.15) is 12.7 Å². The molecule has 0 bridgehead atoms. The van der Waals surface area contributed by atoms with Crippen LogP contribution in [-0.2, 0) is 10.2 Å². The second kappa shape index (κ2) is 4.69. The Hall–Kier alpha value is -1.03. The number of piperazine rings is 1. The third kappa shape index (κ3) is 2.80. The summed E-state index contributed by atoms with van der Waals surface area (Å²) in [5, 5.41) is 6.69. The first-order chi connectivity index (χ1) is 7.98. The highest BCUT2D eigenvalue weighted by Gasteiger charge is 2.27. The summed E-state index contributed by atoms with van der Waals surface area (Å²) in [6.07, 6.45) is 0. The van der Waals surface area contributed by atoms with Crippen LogP contribution in [0.3, 0.4) is 0 Å². The molecule has 0 atom stereocenters. The van der Waals surface area contributed by atoms with E-state index in [1.807, 2.05) is 0 Å². The maximum absolute atomic E-state index is 11.9. The molecule has 17 heavy (non-hydrogen) atoms. The van der Waals surface area contributed by atoms with Gasteiger partial charge in [-0.3, -0.25) is 4.79 Å². The smallest absolute Gasteiger partial charge is 0.277 e. The molecule has 1 aliphatic heterocycles. The quantitative estimate of drug-likeness (QED) is 0.757. The van der Waals surface area contributed by atoms with E-state index in [2.05, 4.69) is 4.98 Å². The summed E-state index contributed by atoms with van der Waals surface area (Å²) in [4.78, 5) is 17.4. The molecule has 1 fully saturated rings. The summed E-state index contributed by atoms with van der Waals surface area (Å²) in [5.74, 6) is -0.166. The van der Waals surface area contributed by atoms with Crippen molar-refractivity contribution in [1.82, 2.24) is 14.2 Å².